The third-order valence-electron chi connectivity index (χ3n) is 7.54. The number of thiazole rings is 1. The van der Waals surface area contributed by atoms with Gasteiger partial charge in [0.25, 0.3) is 5.91 Å². The lowest BCUT2D eigenvalue weighted by Gasteiger charge is -2.50. The van der Waals surface area contributed by atoms with Gasteiger partial charge >= 0.3 is 0 Å². The SMILES string of the molecule is O=C(Cc1ccccc1)NC1C(=O)N2C(C(=S)OC(c3ccccc3)c3ccccc3)=C(c3nc4ncccc4s3)CS[C@H]12. The molecular weight excluding hydrogens is 609 g/mol. The van der Waals surface area contributed by atoms with Crippen LogP contribution in [0.2, 0.25) is 0 Å². The van der Waals surface area contributed by atoms with Gasteiger partial charge in [-0.1, -0.05) is 91.0 Å². The number of ether oxygens (including phenoxy) is 1. The van der Waals surface area contributed by atoms with Crippen LogP contribution in [0.25, 0.3) is 15.9 Å². The van der Waals surface area contributed by atoms with E-state index in [1.54, 1.807) is 22.9 Å². The molecule has 1 fully saturated rings. The number of hydrogen-bond donors (Lipinski definition) is 1. The number of thiocarbonyl (C=S) groups is 1. The highest BCUT2D eigenvalue weighted by Crippen LogP contribution is 2.45. The maximum Gasteiger partial charge on any atom is 0.253 e. The molecule has 7 rings (SSSR count). The molecule has 2 atom stereocenters. The first-order valence-electron chi connectivity index (χ1n) is 14.1. The molecule has 2 amide bonds. The molecule has 10 heteroatoms. The van der Waals surface area contributed by atoms with Gasteiger partial charge in [0.2, 0.25) is 11.0 Å². The average Bonchev–Trinajstić information content (AvgIpc) is 3.51. The molecule has 3 aromatic carbocycles. The van der Waals surface area contributed by atoms with Crippen molar-refractivity contribution in [1.29, 1.82) is 0 Å². The number of benzene rings is 3. The van der Waals surface area contributed by atoms with Crippen LogP contribution in [-0.2, 0) is 20.7 Å². The van der Waals surface area contributed by atoms with Gasteiger partial charge in [-0.05, 0) is 41.0 Å². The molecule has 44 heavy (non-hydrogen) atoms. The molecule has 218 valence electrons. The van der Waals surface area contributed by atoms with Gasteiger partial charge in [0.15, 0.2) is 5.65 Å². The van der Waals surface area contributed by atoms with E-state index in [4.69, 9.17) is 21.9 Å². The monoisotopic (exact) mass is 634 g/mol. The Kier molecular flexibility index (Phi) is 7.95. The van der Waals surface area contributed by atoms with Crippen molar-refractivity contribution in [3.8, 4) is 0 Å². The Balaban J connectivity index is 1.23. The van der Waals surface area contributed by atoms with Crippen molar-refractivity contribution in [2.75, 3.05) is 5.75 Å². The van der Waals surface area contributed by atoms with Crippen LogP contribution in [0.5, 0.6) is 0 Å². The summed E-state index contributed by atoms with van der Waals surface area (Å²) < 4.78 is 7.57. The second-order valence-corrected chi connectivity index (χ2v) is 12.9. The van der Waals surface area contributed by atoms with Crippen molar-refractivity contribution < 1.29 is 14.3 Å². The fraction of sp³-hybridized carbons (Fsp3) is 0.147. The van der Waals surface area contributed by atoms with E-state index in [0.29, 0.717) is 17.1 Å². The number of fused-ring (bicyclic) bond motifs is 2. The van der Waals surface area contributed by atoms with E-state index in [1.165, 1.54) is 11.3 Å². The van der Waals surface area contributed by atoms with Crippen LogP contribution >= 0.6 is 35.3 Å². The molecule has 0 aliphatic carbocycles. The van der Waals surface area contributed by atoms with Crippen molar-refractivity contribution in [2.24, 2.45) is 0 Å². The molecular formula is C34H26N4O3S3. The molecule has 0 spiro atoms. The Labute approximate surface area is 268 Å². The quantitative estimate of drug-likeness (QED) is 0.161. The molecule has 2 aliphatic rings. The lowest BCUT2D eigenvalue weighted by atomic mass is 10.0. The molecule has 4 heterocycles. The Morgan fingerprint density at radius 3 is 2.27 bits per heavy atom. The van der Waals surface area contributed by atoms with Gasteiger partial charge in [0.1, 0.15) is 28.2 Å². The molecule has 5 aromatic rings. The Morgan fingerprint density at radius 2 is 1.61 bits per heavy atom. The fourth-order valence-corrected chi connectivity index (χ4v) is 8.15. The smallest absolute Gasteiger partial charge is 0.253 e. The molecule has 0 radical (unpaired) electrons. The van der Waals surface area contributed by atoms with Crippen molar-refractivity contribution in [1.82, 2.24) is 20.2 Å². The molecule has 0 bridgehead atoms. The molecule has 1 unspecified atom stereocenters. The fourth-order valence-electron chi connectivity index (χ4n) is 5.42. The summed E-state index contributed by atoms with van der Waals surface area (Å²) in [6.07, 6.45) is 1.43. The number of β-lactam (4-membered cyclic amide) rings is 1. The number of nitrogens with zero attached hydrogens (tertiary/aromatic N) is 3. The Hall–Kier alpha value is -4.38. The summed E-state index contributed by atoms with van der Waals surface area (Å²) in [7, 11) is 0. The number of amides is 2. The minimum atomic E-state index is -0.661. The van der Waals surface area contributed by atoms with Crippen LogP contribution in [0, 0.1) is 0 Å². The summed E-state index contributed by atoms with van der Waals surface area (Å²) in [6.45, 7) is 0. The van der Waals surface area contributed by atoms with E-state index in [9.17, 15) is 9.59 Å². The zero-order chi connectivity index (χ0) is 30.0. The summed E-state index contributed by atoms with van der Waals surface area (Å²) in [6, 6.07) is 32.5. The number of carbonyl (C=O) groups is 2. The summed E-state index contributed by atoms with van der Waals surface area (Å²) in [4.78, 5) is 37.6. The van der Waals surface area contributed by atoms with Gasteiger partial charge in [-0.25, -0.2) is 9.97 Å². The number of rotatable bonds is 8. The van der Waals surface area contributed by atoms with Crippen molar-refractivity contribution in [3.05, 3.63) is 137 Å². The topological polar surface area (TPSA) is 84.4 Å². The predicted octanol–water partition coefficient (Wildman–Crippen LogP) is 6.18. The van der Waals surface area contributed by atoms with Crippen LogP contribution < -0.4 is 5.32 Å². The Bertz CT molecular complexity index is 1810. The largest absolute Gasteiger partial charge is 0.469 e. The standard InChI is InChI=1S/C34H26N4O3S3/c39-26(19-21-11-4-1-5-12-21)36-27-32(40)38-28(24(20-43-33(27)38)31-37-30-25(44-31)17-10-18-35-30)34(42)41-29(22-13-6-2-7-14-22)23-15-8-3-9-16-23/h1-18,27,29,33H,19-20H2,(H,36,39)/t27?,33-/m1/s1. The number of nitrogens with one attached hydrogen (secondary N) is 1. The zero-order valence-electron chi connectivity index (χ0n) is 23.3. The first-order chi connectivity index (χ1) is 21.6. The normalized spacial score (nSPS) is 17.8. The molecule has 1 saturated heterocycles. The first kappa shape index (κ1) is 28.4. The van der Waals surface area contributed by atoms with E-state index in [2.05, 4.69) is 10.3 Å². The number of carbonyl (C=O) groups excluding carboxylic acids is 2. The number of hydrogen-bond acceptors (Lipinski definition) is 8. The first-order valence-corrected chi connectivity index (χ1v) is 16.4. The van der Waals surface area contributed by atoms with E-state index in [0.717, 1.165) is 32.0 Å². The third-order valence-corrected chi connectivity index (χ3v) is 10.2. The van der Waals surface area contributed by atoms with Crippen LogP contribution in [0.4, 0.5) is 0 Å². The second-order valence-electron chi connectivity index (χ2n) is 10.4. The van der Waals surface area contributed by atoms with Gasteiger partial charge < -0.3 is 10.1 Å². The molecule has 2 aromatic heterocycles. The molecule has 7 nitrogen and oxygen atoms in total. The number of thioether (sulfide) groups is 1. The van der Waals surface area contributed by atoms with Crippen molar-refractivity contribution in [2.45, 2.75) is 23.9 Å². The number of aromatic nitrogens is 2. The van der Waals surface area contributed by atoms with Gasteiger partial charge in [-0.2, -0.15) is 0 Å². The van der Waals surface area contributed by atoms with Crippen LogP contribution in [0.15, 0.2) is 115 Å². The minimum Gasteiger partial charge on any atom is -0.469 e. The molecule has 2 aliphatic heterocycles. The van der Waals surface area contributed by atoms with Gasteiger partial charge in [0, 0.05) is 17.5 Å². The Morgan fingerprint density at radius 1 is 0.955 bits per heavy atom. The maximum absolute atomic E-state index is 13.8. The lowest BCUT2D eigenvalue weighted by molar-refractivity contribution is -0.145. The van der Waals surface area contributed by atoms with Crippen molar-refractivity contribution >= 4 is 68.1 Å². The molecule has 1 N–H and O–H groups in total. The van der Waals surface area contributed by atoms with Crippen LogP contribution in [0.1, 0.15) is 27.8 Å². The van der Waals surface area contributed by atoms with E-state index >= 15 is 0 Å². The minimum absolute atomic E-state index is 0.199. The van der Waals surface area contributed by atoms with E-state index < -0.39 is 12.1 Å². The highest BCUT2D eigenvalue weighted by molar-refractivity contribution is 8.00. The van der Waals surface area contributed by atoms with Crippen molar-refractivity contribution in [3.63, 3.8) is 0 Å². The van der Waals surface area contributed by atoms with Gasteiger partial charge in [-0.3, -0.25) is 14.5 Å². The number of pyridine rings is 1. The van der Waals surface area contributed by atoms with Crippen LogP contribution in [0.3, 0.4) is 0 Å². The molecule has 0 saturated carbocycles. The van der Waals surface area contributed by atoms with Crippen LogP contribution in [-0.4, -0.2) is 48.9 Å². The summed E-state index contributed by atoms with van der Waals surface area (Å²) >= 11 is 9.12. The third kappa shape index (κ3) is 5.52. The average molecular weight is 635 g/mol. The van der Waals surface area contributed by atoms with E-state index in [-0.39, 0.29) is 28.7 Å². The summed E-state index contributed by atoms with van der Waals surface area (Å²) in [5.74, 6) is 0.118. The maximum atomic E-state index is 13.8. The zero-order valence-corrected chi connectivity index (χ0v) is 25.8. The van der Waals surface area contributed by atoms with E-state index in [1.807, 2.05) is 103 Å². The summed E-state index contributed by atoms with van der Waals surface area (Å²) in [5, 5.41) is 3.59. The second kappa shape index (κ2) is 12.3. The highest BCUT2D eigenvalue weighted by atomic mass is 32.2. The lowest BCUT2D eigenvalue weighted by Crippen LogP contribution is -2.70. The predicted molar refractivity (Wildman–Crippen MR) is 178 cm³/mol. The van der Waals surface area contributed by atoms with Gasteiger partial charge in [-0.15, -0.1) is 23.1 Å². The highest BCUT2D eigenvalue weighted by Gasteiger charge is 2.54. The van der Waals surface area contributed by atoms with Gasteiger partial charge in [0.05, 0.1) is 11.1 Å². The summed E-state index contributed by atoms with van der Waals surface area (Å²) in [5.41, 5.74) is 4.76.